The van der Waals surface area contributed by atoms with E-state index in [1.54, 1.807) is 6.07 Å². The molecule has 0 heterocycles. The van der Waals surface area contributed by atoms with Gasteiger partial charge in [-0.3, -0.25) is 0 Å². The lowest BCUT2D eigenvalue weighted by atomic mass is 9.92. The fraction of sp³-hybridized carbons (Fsp3) is 0.455. The van der Waals surface area contributed by atoms with E-state index in [0.717, 1.165) is 17.5 Å². The summed E-state index contributed by atoms with van der Waals surface area (Å²) in [5.74, 6) is -0.235. The van der Waals surface area contributed by atoms with Gasteiger partial charge < -0.3 is 10.8 Å². The Morgan fingerprint density at radius 1 is 1.50 bits per heavy atom. The zero-order valence-electron chi connectivity index (χ0n) is 7.96. The van der Waals surface area contributed by atoms with Gasteiger partial charge in [-0.05, 0) is 49.1 Å². The topological polar surface area (TPSA) is 46.2 Å². The number of halogens is 1. The maximum Gasteiger partial charge on any atom is 0.123 e. The van der Waals surface area contributed by atoms with E-state index in [2.05, 4.69) is 0 Å². The van der Waals surface area contributed by atoms with Crippen LogP contribution in [0, 0.1) is 5.82 Å². The van der Waals surface area contributed by atoms with Gasteiger partial charge in [-0.2, -0.15) is 0 Å². The summed E-state index contributed by atoms with van der Waals surface area (Å²) in [6.07, 6.45) is 1.94. The van der Waals surface area contributed by atoms with Crippen molar-refractivity contribution in [1.82, 2.24) is 0 Å². The fourth-order valence-corrected chi connectivity index (χ4v) is 2.20. The van der Waals surface area contributed by atoms with Crippen LogP contribution >= 0.6 is 0 Å². The van der Waals surface area contributed by atoms with Crippen molar-refractivity contribution >= 4 is 0 Å². The third-order valence-corrected chi connectivity index (χ3v) is 2.93. The molecule has 1 aromatic carbocycles. The number of benzene rings is 1. The summed E-state index contributed by atoms with van der Waals surface area (Å²) in [6.45, 7) is 0.452. The first-order valence-corrected chi connectivity index (χ1v) is 4.87. The van der Waals surface area contributed by atoms with Crippen molar-refractivity contribution in [2.45, 2.75) is 24.9 Å². The number of aryl methyl sites for hydroxylation is 1. The Balaban J connectivity index is 2.39. The number of hydrogen-bond acceptors (Lipinski definition) is 2. The minimum atomic E-state index is -0.822. The van der Waals surface area contributed by atoms with Crippen LogP contribution in [0.15, 0.2) is 18.2 Å². The van der Waals surface area contributed by atoms with Crippen LogP contribution in [0.5, 0.6) is 0 Å². The predicted molar refractivity (Wildman–Crippen MR) is 52.3 cm³/mol. The first-order chi connectivity index (χ1) is 6.65. The number of fused-ring (bicyclic) bond motifs is 1. The number of aliphatic hydroxyl groups is 1. The van der Waals surface area contributed by atoms with E-state index in [9.17, 15) is 9.50 Å². The van der Waals surface area contributed by atoms with E-state index in [1.807, 2.05) is 0 Å². The van der Waals surface area contributed by atoms with Gasteiger partial charge in [-0.25, -0.2) is 4.39 Å². The summed E-state index contributed by atoms with van der Waals surface area (Å²) in [5.41, 5.74) is 6.39. The van der Waals surface area contributed by atoms with Gasteiger partial charge in [0.1, 0.15) is 5.82 Å². The molecule has 2 rings (SSSR count). The van der Waals surface area contributed by atoms with Crippen molar-refractivity contribution in [3.05, 3.63) is 35.1 Å². The van der Waals surface area contributed by atoms with Crippen LogP contribution in [-0.2, 0) is 12.0 Å². The van der Waals surface area contributed by atoms with Gasteiger partial charge in [0.25, 0.3) is 0 Å². The van der Waals surface area contributed by atoms with Gasteiger partial charge in [-0.1, -0.05) is 6.07 Å². The first kappa shape index (κ1) is 9.62. The summed E-state index contributed by atoms with van der Waals surface area (Å²) in [4.78, 5) is 0. The van der Waals surface area contributed by atoms with Crippen LogP contribution in [0.3, 0.4) is 0 Å². The van der Waals surface area contributed by atoms with Gasteiger partial charge >= 0.3 is 0 Å². The van der Waals surface area contributed by atoms with Gasteiger partial charge in [0.15, 0.2) is 0 Å². The molecule has 0 fully saturated rings. The van der Waals surface area contributed by atoms with Gasteiger partial charge in [0.2, 0.25) is 0 Å². The minimum Gasteiger partial charge on any atom is -0.385 e. The Kier molecular flexibility index (Phi) is 2.29. The van der Waals surface area contributed by atoms with Crippen LogP contribution in [0.4, 0.5) is 4.39 Å². The first-order valence-electron chi connectivity index (χ1n) is 4.87. The molecule has 0 saturated heterocycles. The van der Waals surface area contributed by atoms with Crippen molar-refractivity contribution in [3.8, 4) is 0 Å². The van der Waals surface area contributed by atoms with E-state index >= 15 is 0 Å². The Bertz CT molecular complexity index is 353. The number of nitrogens with two attached hydrogens (primary N) is 1. The Labute approximate surface area is 82.5 Å². The van der Waals surface area contributed by atoms with Crippen molar-refractivity contribution in [1.29, 1.82) is 0 Å². The zero-order chi connectivity index (χ0) is 10.2. The molecule has 1 aliphatic rings. The molecule has 0 radical (unpaired) electrons. The Morgan fingerprint density at radius 2 is 2.29 bits per heavy atom. The van der Waals surface area contributed by atoms with Crippen molar-refractivity contribution < 1.29 is 9.50 Å². The molecule has 1 aliphatic carbocycles. The molecule has 1 aromatic rings. The third-order valence-electron chi connectivity index (χ3n) is 2.93. The van der Waals surface area contributed by atoms with Crippen molar-refractivity contribution in [2.24, 2.45) is 5.73 Å². The highest BCUT2D eigenvalue weighted by Gasteiger charge is 2.35. The highest BCUT2D eigenvalue weighted by atomic mass is 19.1. The second-order valence-electron chi connectivity index (χ2n) is 3.87. The molecule has 1 unspecified atom stereocenters. The van der Waals surface area contributed by atoms with Crippen molar-refractivity contribution in [2.75, 3.05) is 6.54 Å². The van der Waals surface area contributed by atoms with Crippen LogP contribution < -0.4 is 5.73 Å². The highest BCUT2D eigenvalue weighted by molar-refractivity contribution is 5.37. The molecule has 0 aliphatic heterocycles. The standard InChI is InChI=1S/C11H14FNO/c12-9-1-2-10-8(7-9)3-4-11(10,14)5-6-13/h1-2,7,14H,3-6,13H2. The number of rotatable bonds is 2. The molecule has 3 heteroatoms. The van der Waals surface area contributed by atoms with Gasteiger partial charge in [-0.15, -0.1) is 0 Å². The predicted octanol–water partition coefficient (Wildman–Crippen LogP) is 1.31. The Hall–Kier alpha value is -0.930. The lowest BCUT2D eigenvalue weighted by Gasteiger charge is -2.22. The van der Waals surface area contributed by atoms with Crippen LogP contribution in [0.25, 0.3) is 0 Å². The van der Waals surface area contributed by atoms with Gasteiger partial charge in [0.05, 0.1) is 5.60 Å². The molecule has 3 N–H and O–H groups in total. The molecule has 0 aromatic heterocycles. The second-order valence-corrected chi connectivity index (χ2v) is 3.87. The summed E-state index contributed by atoms with van der Waals surface area (Å²) < 4.78 is 12.9. The molecule has 0 bridgehead atoms. The average Bonchev–Trinajstić information content (AvgIpc) is 2.44. The Morgan fingerprint density at radius 3 is 3.00 bits per heavy atom. The quantitative estimate of drug-likeness (QED) is 0.747. The van der Waals surface area contributed by atoms with E-state index in [0.29, 0.717) is 19.4 Å². The lowest BCUT2D eigenvalue weighted by molar-refractivity contribution is 0.0320. The smallest absolute Gasteiger partial charge is 0.123 e. The molecular formula is C11H14FNO. The van der Waals surface area contributed by atoms with E-state index in [-0.39, 0.29) is 5.82 Å². The zero-order valence-corrected chi connectivity index (χ0v) is 7.96. The van der Waals surface area contributed by atoms with Crippen LogP contribution in [-0.4, -0.2) is 11.7 Å². The largest absolute Gasteiger partial charge is 0.385 e. The van der Waals surface area contributed by atoms with E-state index in [4.69, 9.17) is 5.73 Å². The van der Waals surface area contributed by atoms with Crippen LogP contribution in [0.2, 0.25) is 0 Å². The summed E-state index contributed by atoms with van der Waals surface area (Å²) in [7, 11) is 0. The third kappa shape index (κ3) is 1.42. The van der Waals surface area contributed by atoms with E-state index in [1.165, 1.54) is 12.1 Å². The maximum atomic E-state index is 12.9. The van der Waals surface area contributed by atoms with Gasteiger partial charge in [0, 0.05) is 0 Å². The monoisotopic (exact) mass is 195 g/mol. The van der Waals surface area contributed by atoms with Crippen LogP contribution in [0.1, 0.15) is 24.0 Å². The minimum absolute atomic E-state index is 0.235. The van der Waals surface area contributed by atoms with Crippen molar-refractivity contribution in [3.63, 3.8) is 0 Å². The molecular weight excluding hydrogens is 181 g/mol. The fourth-order valence-electron chi connectivity index (χ4n) is 2.20. The molecule has 14 heavy (non-hydrogen) atoms. The average molecular weight is 195 g/mol. The maximum absolute atomic E-state index is 12.9. The molecule has 0 amide bonds. The normalized spacial score (nSPS) is 25.1. The molecule has 0 spiro atoms. The second kappa shape index (κ2) is 3.33. The summed E-state index contributed by atoms with van der Waals surface area (Å²) in [5, 5.41) is 10.2. The highest BCUT2D eigenvalue weighted by Crippen LogP contribution is 2.39. The molecule has 76 valence electrons. The summed E-state index contributed by atoms with van der Waals surface area (Å²) >= 11 is 0. The summed E-state index contributed by atoms with van der Waals surface area (Å²) in [6, 6.07) is 4.57. The number of hydrogen-bond donors (Lipinski definition) is 2. The molecule has 0 saturated carbocycles. The molecule has 2 nitrogen and oxygen atoms in total. The SMILES string of the molecule is NCCC1(O)CCc2cc(F)ccc21. The molecule has 1 atom stereocenters. The van der Waals surface area contributed by atoms with E-state index < -0.39 is 5.60 Å². The lowest BCUT2D eigenvalue weighted by Crippen LogP contribution is -2.25.